The highest BCUT2D eigenvalue weighted by molar-refractivity contribution is 8.00. The zero-order valence-electron chi connectivity index (χ0n) is 7.56. The Labute approximate surface area is 94.4 Å². The molecule has 14 heavy (non-hydrogen) atoms. The van der Waals surface area contributed by atoms with Gasteiger partial charge in [0.2, 0.25) is 5.13 Å². The van der Waals surface area contributed by atoms with Crippen LogP contribution in [0.25, 0.3) is 0 Å². The van der Waals surface area contributed by atoms with Gasteiger partial charge in [0.05, 0.1) is 0 Å². The second-order valence-electron chi connectivity index (χ2n) is 2.76. The van der Waals surface area contributed by atoms with Crippen LogP contribution in [0.5, 0.6) is 0 Å². The number of nitrogens with two attached hydrogens (primary N) is 1. The van der Waals surface area contributed by atoms with Crippen molar-refractivity contribution in [1.82, 2.24) is 10.2 Å². The minimum atomic E-state index is 0.536. The van der Waals surface area contributed by atoms with E-state index in [2.05, 4.69) is 28.6 Å². The van der Waals surface area contributed by atoms with E-state index < -0.39 is 0 Å². The SMILES string of the molecule is Cc1cc(CSc2nnc(N)s2)cs1. The zero-order valence-corrected chi connectivity index (χ0v) is 10.0. The summed E-state index contributed by atoms with van der Waals surface area (Å²) in [4.78, 5) is 1.34. The van der Waals surface area contributed by atoms with Gasteiger partial charge in [-0.25, -0.2) is 0 Å². The number of nitrogen functional groups attached to an aromatic ring is 1. The highest BCUT2D eigenvalue weighted by Crippen LogP contribution is 2.28. The van der Waals surface area contributed by atoms with Gasteiger partial charge in [-0.2, -0.15) is 0 Å². The minimum absolute atomic E-state index is 0.536. The van der Waals surface area contributed by atoms with Crippen LogP contribution in [0.3, 0.4) is 0 Å². The lowest BCUT2D eigenvalue weighted by Gasteiger charge is -1.91. The smallest absolute Gasteiger partial charge is 0.203 e. The number of anilines is 1. The van der Waals surface area contributed by atoms with Crippen molar-refractivity contribution in [3.8, 4) is 0 Å². The van der Waals surface area contributed by atoms with Crippen LogP contribution in [0.4, 0.5) is 5.13 Å². The van der Waals surface area contributed by atoms with Crippen LogP contribution in [0.1, 0.15) is 10.4 Å². The second-order valence-corrected chi connectivity index (χ2v) is 6.11. The fourth-order valence-corrected chi connectivity index (χ4v) is 3.38. The maximum absolute atomic E-state index is 5.49. The number of aryl methyl sites for hydroxylation is 1. The number of hydrogen-bond donors (Lipinski definition) is 1. The van der Waals surface area contributed by atoms with Gasteiger partial charge in [-0.15, -0.1) is 21.5 Å². The van der Waals surface area contributed by atoms with Crippen molar-refractivity contribution < 1.29 is 0 Å². The van der Waals surface area contributed by atoms with Gasteiger partial charge in [-0.3, -0.25) is 0 Å². The van der Waals surface area contributed by atoms with Crippen molar-refractivity contribution in [3.63, 3.8) is 0 Å². The minimum Gasteiger partial charge on any atom is -0.374 e. The molecule has 2 N–H and O–H groups in total. The first-order chi connectivity index (χ1) is 6.74. The van der Waals surface area contributed by atoms with Crippen molar-refractivity contribution in [2.45, 2.75) is 17.0 Å². The Morgan fingerprint density at radius 1 is 1.50 bits per heavy atom. The van der Waals surface area contributed by atoms with Crippen molar-refractivity contribution >= 4 is 39.6 Å². The van der Waals surface area contributed by atoms with E-state index in [0.717, 1.165) is 10.1 Å². The molecule has 2 aromatic heterocycles. The summed E-state index contributed by atoms with van der Waals surface area (Å²) in [7, 11) is 0. The Morgan fingerprint density at radius 2 is 2.36 bits per heavy atom. The van der Waals surface area contributed by atoms with Gasteiger partial charge < -0.3 is 5.73 Å². The lowest BCUT2D eigenvalue weighted by molar-refractivity contribution is 1.02. The number of nitrogens with zero attached hydrogens (tertiary/aromatic N) is 2. The normalized spacial score (nSPS) is 10.6. The highest BCUT2D eigenvalue weighted by Gasteiger charge is 2.03. The van der Waals surface area contributed by atoms with Gasteiger partial charge in [0.25, 0.3) is 0 Å². The molecule has 2 aromatic rings. The molecule has 0 unspecified atom stereocenters. The Morgan fingerprint density at radius 3 is 2.93 bits per heavy atom. The Bertz CT molecular complexity index is 381. The third-order valence-corrected chi connectivity index (χ3v) is 4.44. The van der Waals surface area contributed by atoms with Crippen LogP contribution in [0.15, 0.2) is 15.8 Å². The lowest BCUT2D eigenvalue weighted by atomic mass is 10.3. The topological polar surface area (TPSA) is 51.8 Å². The summed E-state index contributed by atoms with van der Waals surface area (Å²) in [6.07, 6.45) is 0. The van der Waals surface area contributed by atoms with E-state index >= 15 is 0 Å². The van der Waals surface area contributed by atoms with Gasteiger partial charge in [0.1, 0.15) is 0 Å². The first-order valence-electron chi connectivity index (χ1n) is 4.00. The average Bonchev–Trinajstić information content (AvgIpc) is 2.72. The van der Waals surface area contributed by atoms with E-state index in [4.69, 9.17) is 5.73 Å². The number of thioether (sulfide) groups is 1. The predicted octanol–water partition coefficient (Wildman–Crippen LogP) is 2.78. The fourth-order valence-electron chi connectivity index (χ4n) is 0.997. The molecular formula is C8H9N3S3. The van der Waals surface area contributed by atoms with Crippen LogP contribution in [-0.4, -0.2) is 10.2 Å². The second kappa shape index (κ2) is 4.29. The summed E-state index contributed by atoms with van der Waals surface area (Å²) >= 11 is 4.89. The van der Waals surface area contributed by atoms with E-state index in [-0.39, 0.29) is 0 Å². The molecule has 0 saturated heterocycles. The van der Waals surface area contributed by atoms with Crippen molar-refractivity contribution in [1.29, 1.82) is 0 Å². The first kappa shape index (κ1) is 9.95. The third-order valence-electron chi connectivity index (χ3n) is 1.57. The average molecular weight is 243 g/mol. The van der Waals surface area contributed by atoms with Crippen molar-refractivity contribution in [2.24, 2.45) is 0 Å². The van der Waals surface area contributed by atoms with Gasteiger partial charge >= 0.3 is 0 Å². The predicted molar refractivity (Wildman–Crippen MR) is 62.9 cm³/mol. The van der Waals surface area contributed by atoms with Gasteiger partial charge in [0, 0.05) is 10.6 Å². The standard InChI is InChI=1S/C8H9N3S3/c1-5-2-6(3-12-5)4-13-8-11-10-7(9)14-8/h2-3H,4H2,1H3,(H2,9,10). The van der Waals surface area contributed by atoms with Gasteiger partial charge in [-0.05, 0) is 23.9 Å². The van der Waals surface area contributed by atoms with Crippen LogP contribution >= 0.6 is 34.4 Å². The number of rotatable bonds is 3. The summed E-state index contributed by atoms with van der Waals surface area (Å²) in [5, 5.41) is 10.4. The Hall–Kier alpha value is -0.590. The number of hydrogen-bond acceptors (Lipinski definition) is 6. The monoisotopic (exact) mass is 243 g/mol. The molecule has 0 aromatic carbocycles. The first-order valence-corrected chi connectivity index (χ1v) is 6.68. The molecule has 0 aliphatic carbocycles. The summed E-state index contributed by atoms with van der Waals surface area (Å²) in [6, 6.07) is 2.20. The summed E-state index contributed by atoms with van der Waals surface area (Å²) in [5.41, 5.74) is 6.82. The van der Waals surface area contributed by atoms with E-state index in [1.807, 2.05) is 0 Å². The van der Waals surface area contributed by atoms with Crippen molar-refractivity contribution in [3.05, 3.63) is 21.9 Å². The molecule has 3 nitrogen and oxygen atoms in total. The number of aromatic nitrogens is 2. The molecule has 0 radical (unpaired) electrons. The van der Waals surface area contributed by atoms with Crippen molar-refractivity contribution in [2.75, 3.05) is 5.73 Å². The molecule has 2 heterocycles. The molecule has 2 rings (SSSR count). The van der Waals surface area contributed by atoms with Crippen LogP contribution in [0, 0.1) is 6.92 Å². The summed E-state index contributed by atoms with van der Waals surface area (Å²) < 4.78 is 0.936. The molecule has 74 valence electrons. The molecule has 0 saturated carbocycles. The molecule has 0 bridgehead atoms. The van der Waals surface area contributed by atoms with Gasteiger partial charge in [0.15, 0.2) is 4.34 Å². The van der Waals surface area contributed by atoms with E-state index in [0.29, 0.717) is 5.13 Å². The van der Waals surface area contributed by atoms with Crippen LogP contribution in [-0.2, 0) is 5.75 Å². The Balaban J connectivity index is 1.94. The highest BCUT2D eigenvalue weighted by atomic mass is 32.2. The molecular weight excluding hydrogens is 234 g/mol. The fraction of sp³-hybridized carbons (Fsp3) is 0.250. The van der Waals surface area contributed by atoms with E-state index in [9.17, 15) is 0 Å². The Kier molecular flexibility index (Phi) is 3.05. The molecule has 0 spiro atoms. The summed E-state index contributed by atoms with van der Waals surface area (Å²) in [6.45, 7) is 2.11. The van der Waals surface area contributed by atoms with E-state index in [1.54, 1.807) is 23.1 Å². The lowest BCUT2D eigenvalue weighted by Crippen LogP contribution is -1.80. The van der Waals surface area contributed by atoms with E-state index in [1.165, 1.54) is 21.8 Å². The summed E-state index contributed by atoms with van der Waals surface area (Å²) in [5.74, 6) is 0.943. The maximum atomic E-state index is 5.49. The third kappa shape index (κ3) is 2.46. The number of thiophene rings is 1. The largest absolute Gasteiger partial charge is 0.374 e. The molecule has 0 atom stereocenters. The molecule has 0 fully saturated rings. The zero-order chi connectivity index (χ0) is 9.97. The molecule has 0 aliphatic rings. The van der Waals surface area contributed by atoms with Crippen LogP contribution < -0.4 is 5.73 Å². The quantitative estimate of drug-likeness (QED) is 0.842. The van der Waals surface area contributed by atoms with Crippen LogP contribution in [0.2, 0.25) is 0 Å². The molecule has 0 aliphatic heterocycles. The molecule has 0 amide bonds. The maximum Gasteiger partial charge on any atom is 0.203 e. The molecule has 6 heteroatoms. The van der Waals surface area contributed by atoms with Gasteiger partial charge in [-0.1, -0.05) is 23.1 Å².